The fourth-order valence-corrected chi connectivity index (χ4v) is 4.09. The van der Waals surface area contributed by atoms with E-state index in [0.29, 0.717) is 23.8 Å². The van der Waals surface area contributed by atoms with Crippen molar-refractivity contribution in [3.05, 3.63) is 52.8 Å². The van der Waals surface area contributed by atoms with Gasteiger partial charge in [0.05, 0.1) is 5.56 Å². The average molecular weight is 379 g/mol. The number of amides is 1. The zero-order valence-electron chi connectivity index (χ0n) is 17.2. The summed E-state index contributed by atoms with van der Waals surface area (Å²) in [6, 6.07) is 10.6. The molecule has 0 radical (unpaired) electrons. The molecule has 0 aliphatic carbocycles. The number of rotatable bonds is 6. The van der Waals surface area contributed by atoms with E-state index in [1.54, 1.807) is 12.3 Å². The SMILES string of the molecule is Cc1ccc(-n2ccc(C#N)c2C(=O)NCCCN2CCCCC2C)c(C)c1. The number of hydrogen-bond acceptors (Lipinski definition) is 3. The first kappa shape index (κ1) is 20.2. The molecule has 1 fully saturated rings. The Bertz CT molecular complexity index is 877. The summed E-state index contributed by atoms with van der Waals surface area (Å²) in [4.78, 5) is 15.4. The average Bonchev–Trinajstić information content (AvgIpc) is 3.10. The lowest BCUT2D eigenvalue weighted by atomic mass is 10.0. The number of carbonyl (C=O) groups is 1. The zero-order valence-corrected chi connectivity index (χ0v) is 17.2. The van der Waals surface area contributed by atoms with Crippen molar-refractivity contribution in [2.75, 3.05) is 19.6 Å². The van der Waals surface area contributed by atoms with Gasteiger partial charge in [0.15, 0.2) is 0 Å². The largest absolute Gasteiger partial charge is 0.351 e. The second-order valence-corrected chi connectivity index (χ2v) is 7.84. The van der Waals surface area contributed by atoms with Gasteiger partial charge in [0, 0.05) is 31.0 Å². The first-order valence-electron chi connectivity index (χ1n) is 10.2. The molecule has 148 valence electrons. The Labute approximate surface area is 168 Å². The predicted molar refractivity (Wildman–Crippen MR) is 112 cm³/mol. The molecule has 0 saturated carbocycles. The molecule has 0 bridgehead atoms. The van der Waals surface area contributed by atoms with Crippen molar-refractivity contribution >= 4 is 5.91 Å². The van der Waals surface area contributed by atoms with Crippen LogP contribution in [0.4, 0.5) is 0 Å². The van der Waals surface area contributed by atoms with Crippen molar-refractivity contribution < 1.29 is 4.79 Å². The second-order valence-electron chi connectivity index (χ2n) is 7.84. The number of nitrogens with zero attached hydrogens (tertiary/aromatic N) is 3. The second kappa shape index (κ2) is 9.07. The number of aryl methyl sites for hydroxylation is 2. The Morgan fingerprint density at radius 1 is 1.29 bits per heavy atom. The molecule has 28 heavy (non-hydrogen) atoms. The molecule has 1 aromatic carbocycles. The van der Waals surface area contributed by atoms with Crippen molar-refractivity contribution in [2.24, 2.45) is 0 Å². The van der Waals surface area contributed by atoms with Crippen molar-refractivity contribution in [1.82, 2.24) is 14.8 Å². The summed E-state index contributed by atoms with van der Waals surface area (Å²) < 4.78 is 1.83. The van der Waals surface area contributed by atoms with Crippen molar-refractivity contribution in [1.29, 1.82) is 5.26 Å². The van der Waals surface area contributed by atoms with E-state index in [1.165, 1.54) is 24.8 Å². The van der Waals surface area contributed by atoms with Gasteiger partial charge < -0.3 is 14.8 Å². The van der Waals surface area contributed by atoms with Crippen LogP contribution in [0.3, 0.4) is 0 Å². The van der Waals surface area contributed by atoms with Crippen molar-refractivity contribution in [3.63, 3.8) is 0 Å². The maximum Gasteiger partial charge on any atom is 0.269 e. The number of nitrogens with one attached hydrogen (secondary N) is 1. The lowest BCUT2D eigenvalue weighted by molar-refractivity contribution is 0.0942. The van der Waals surface area contributed by atoms with Crippen LogP contribution >= 0.6 is 0 Å². The molecule has 1 aromatic heterocycles. The molecule has 1 amide bonds. The number of likely N-dealkylation sites (tertiary alicyclic amines) is 1. The van der Waals surface area contributed by atoms with Crippen molar-refractivity contribution in [2.45, 2.75) is 52.5 Å². The van der Waals surface area contributed by atoms with E-state index in [-0.39, 0.29) is 5.91 Å². The van der Waals surface area contributed by atoms with Crippen LogP contribution < -0.4 is 5.32 Å². The van der Waals surface area contributed by atoms with Gasteiger partial charge in [-0.3, -0.25) is 4.79 Å². The molecule has 5 heteroatoms. The monoisotopic (exact) mass is 378 g/mol. The van der Waals surface area contributed by atoms with Crippen LogP contribution in [0.25, 0.3) is 5.69 Å². The molecule has 1 saturated heterocycles. The molecule has 5 nitrogen and oxygen atoms in total. The lowest BCUT2D eigenvalue weighted by Gasteiger charge is -2.33. The number of hydrogen-bond donors (Lipinski definition) is 1. The maximum atomic E-state index is 12.9. The summed E-state index contributed by atoms with van der Waals surface area (Å²) in [5, 5.41) is 12.5. The smallest absolute Gasteiger partial charge is 0.269 e. The standard InChI is InChI=1S/C23H30N4O/c1-17-8-9-21(18(2)15-17)27-14-10-20(16-24)22(27)23(28)25-11-6-13-26-12-5-4-7-19(26)3/h8-10,14-15,19H,4-7,11-13H2,1-3H3,(H,25,28). The number of carbonyl (C=O) groups excluding carboxylic acids is 1. The number of nitriles is 1. The maximum absolute atomic E-state index is 12.9. The minimum Gasteiger partial charge on any atom is -0.351 e. The van der Waals surface area contributed by atoms with E-state index in [2.05, 4.69) is 29.3 Å². The van der Waals surface area contributed by atoms with E-state index in [0.717, 1.165) is 30.8 Å². The van der Waals surface area contributed by atoms with Crippen LogP contribution in [-0.4, -0.2) is 41.1 Å². The van der Waals surface area contributed by atoms with E-state index in [1.807, 2.05) is 30.5 Å². The van der Waals surface area contributed by atoms with E-state index in [9.17, 15) is 10.1 Å². The Morgan fingerprint density at radius 2 is 2.11 bits per heavy atom. The molecule has 1 N–H and O–H groups in total. The molecule has 1 unspecified atom stereocenters. The van der Waals surface area contributed by atoms with Crippen LogP contribution in [0.15, 0.2) is 30.5 Å². The fraction of sp³-hybridized carbons (Fsp3) is 0.478. The highest BCUT2D eigenvalue weighted by molar-refractivity contribution is 5.96. The molecule has 2 aromatic rings. The Morgan fingerprint density at radius 3 is 2.82 bits per heavy atom. The topological polar surface area (TPSA) is 61.1 Å². The van der Waals surface area contributed by atoms with Gasteiger partial charge in [0.25, 0.3) is 5.91 Å². The van der Waals surface area contributed by atoms with E-state index >= 15 is 0 Å². The van der Waals surface area contributed by atoms with Gasteiger partial charge in [0.1, 0.15) is 11.8 Å². The summed E-state index contributed by atoms with van der Waals surface area (Å²) in [6.07, 6.45) is 6.58. The van der Waals surface area contributed by atoms with E-state index < -0.39 is 0 Å². The van der Waals surface area contributed by atoms with Gasteiger partial charge in [-0.25, -0.2) is 0 Å². The highest BCUT2D eigenvalue weighted by Crippen LogP contribution is 2.21. The number of benzene rings is 1. The third-order valence-corrected chi connectivity index (χ3v) is 5.68. The number of piperidine rings is 1. The molecule has 1 aliphatic heterocycles. The van der Waals surface area contributed by atoms with Crippen LogP contribution in [0.5, 0.6) is 0 Å². The van der Waals surface area contributed by atoms with Gasteiger partial charge in [-0.15, -0.1) is 0 Å². The molecule has 3 rings (SSSR count). The highest BCUT2D eigenvalue weighted by Gasteiger charge is 2.20. The third kappa shape index (κ3) is 4.45. The Balaban J connectivity index is 1.68. The normalized spacial score (nSPS) is 17.3. The molecule has 2 heterocycles. The summed E-state index contributed by atoms with van der Waals surface area (Å²) >= 11 is 0. The first-order valence-corrected chi connectivity index (χ1v) is 10.2. The molecular formula is C23H30N4O. The van der Waals surface area contributed by atoms with Crippen LogP contribution in [0, 0.1) is 25.2 Å². The van der Waals surface area contributed by atoms with Gasteiger partial charge in [-0.1, -0.05) is 24.1 Å². The Kier molecular flexibility index (Phi) is 6.53. The Hall–Kier alpha value is -2.58. The van der Waals surface area contributed by atoms with Crippen LogP contribution in [-0.2, 0) is 0 Å². The third-order valence-electron chi connectivity index (χ3n) is 5.68. The zero-order chi connectivity index (χ0) is 20.1. The quantitative estimate of drug-likeness (QED) is 0.774. The van der Waals surface area contributed by atoms with Gasteiger partial charge >= 0.3 is 0 Å². The first-order chi connectivity index (χ1) is 13.5. The lowest BCUT2D eigenvalue weighted by Crippen LogP contribution is -2.39. The van der Waals surface area contributed by atoms with Crippen LogP contribution in [0.2, 0.25) is 0 Å². The van der Waals surface area contributed by atoms with Crippen LogP contribution in [0.1, 0.15) is 59.8 Å². The summed E-state index contributed by atoms with van der Waals surface area (Å²) in [6.45, 7) is 9.13. The molecule has 1 atom stereocenters. The van der Waals surface area contributed by atoms with Crippen molar-refractivity contribution in [3.8, 4) is 11.8 Å². The summed E-state index contributed by atoms with van der Waals surface area (Å²) in [7, 11) is 0. The van der Waals surface area contributed by atoms with Gasteiger partial charge in [-0.05, 0) is 64.3 Å². The van der Waals surface area contributed by atoms with E-state index in [4.69, 9.17) is 0 Å². The number of aromatic nitrogens is 1. The summed E-state index contributed by atoms with van der Waals surface area (Å²) in [5.41, 5.74) is 4.00. The summed E-state index contributed by atoms with van der Waals surface area (Å²) in [5.74, 6) is -0.187. The minimum absolute atomic E-state index is 0.187. The predicted octanol–water partition coefficient (Wildman–Crippen LogP) is 3.96. The van der Waals surface area contributed by atoms with Gasteiger partial charge in [-0.2, -0.15) is 5.26 Å². The highest BCUT2D eigenvalue weighted by atomic mass is 16.1. The van der Waals surface area contributed by atoms with Gasteiger partial charge in [0.2, 0.25) is 0 Å². The molecule has 1 aliphatic rings. The molecule has 0 spiro atoms. The fourth-order valence-electron chi connectivity index (χ4n) is 4.09. The molecular weight excluding hydrogens is 348 g/mol. The minimum atomic E-state index is -0.187.